The van der Waals surface area contributed by atoms with Gasteiger partial charge in [-0.25, -0.2) is 0 Å². The fraction of sp³-hybridized carbons (Fsp3) is 0.500. The van der Waals surface area contributed by atoms with Crippen LogP contribution in [0, 0.1) is 13.8 Å². The number of hydrogen-bond acceptors (Lipinski definition) is 2. The molecule has 0 atom stereocenters. The fourth-order valence-electron chi connectivity index (χ4n) is 1.47. The first kappa shape index (κ1) is 15.5. The number of anilines is 1. The highest BCUT2D eigenvalue weighted by atomic mass is 16.5. The molecule has 1 aromatic rings. The Morgan fingerprint density at radius 1 is 1.24 bits per heavy atom. The maximum atomic E-state index is 11.3. The number of hydrogen-bond donors (Lipinski definition) is 1. The molecule has 0 aliphatic carbocycles. The summed E-state index contributed by atoms with van der Waals surface area (Å²) in [6.07, 6.45) is 0.491. The molecule has 1 aromatic carbocycles. The second-order valence-electron chi connectivity index (χ2n) is 3.54. The van der Waals surface area contributed by atoms with Crippen molar-refractivity contribution < 1.29 is 9.53 Å². The lowest BCUT2D eigenvalue weighted by Gasteiger charge is -2.12. The molecule has 0 radical (unpaired) electrons. The van der Waals surface area contributed by atoms with Gasteiger partial charge in [-0.15, -0.1) is 0 Å². The third-order valence-corrected chi connectivity index (χ3v) is 2.33. The van der Waals surface area contributed by atoms with Gasteiger partial charge in [0.05, 0.1) is 7.11 Å². The zero-order valence-corrected chi connectivity index (χ0v) is 11.7. The number of carbonyl (C=O) groups is 1. The van der Waals surface area contributed by atoms with E-state index in [1.54, 1.807) is 7.11 Å². The van der Waals surface area contributed by atoms with Crippen LogP contribution in [0.4, 0.5) is 5.69 Å². The molecular weight excluding hydrogens is 214 g/mol. The number of methoxy groups -OCH3 is 1. The number of ether oxygens (including phenoxy) is 1. The topological polar surface area (TPSA) is 38.3 Å². The molecule has 0 spiro atoms. The van der Waals surface area contributed by atoms with Crippen LogP contribution in [0.1, 0.15) is 38.3 Å². The molecule has 17 heavy (non-hydrogen) atoms. The summed E-state index contributed by atoms with van der Waals surface area (Å²) in [5.41, 5.74) is 2.94. The van der Waals surface area contributed by atoms with Crippen molar-refractivity contribution in [2.45, 2.75) is 41.0 Å². The van der Waals surface area contributed by atoms with Crippen LogP contribution in [0.25, 0.3) is 0 Å². The molecule has 1 N–H and O–H groups in total. The van der Waals surface area contributed by atoms with Crippen LogP contribution in [0.3, 0.4) is 0 Å². The third kappa shape index (κ3) is 4.47. The quantitative estimate of drug-likeness (QED) is 0.870. The summed E-state index contributed by atoms with van der Waals surface area (Å²) in [5, 5.41) is 2.88. The summed E-state index contributed by atoms with van der Waals surface area (Å²) in [7, 11) is 1.64. The van der Waals surface area contributed by atoms with E-state index < -0.39 is 0 Å². The lowest BCUT2D eigenvalue weighted by atomic mass is 10.1. The largest absolute Gasteiger partial charge is 0.497 e. The number of carbonyl (C=O) groups excluding carboxylic acids is 1. The van der Waals surface area contributed by atoms with Crippen LogP contribution >= 0.6 is 0 Å². The average Bonchev–Trinajstić information content (AvgIpc) is 2.35. The molecule has 1 amide bonds. The Bertz CT molecular complexity index is 349. The zero-order chi connectivity index (χ0) is 13.4. The number of benzene rings is 1. The second kappa shape index (κ2) is 7.71. The number of rotatable bonds is 3. The van der Waals surface area contributed by atoms with E-state index in [9.17, 15) is 4.79 Å². The van der Waals surface area contributed by atoms with Crippen molar-refractivity contribution in [1.82, 2.24) is 0 Å². The van der Waals surface area contributed by atoms with E-state index in [0.717, 1.165) is 22.6 Å². The molecule has 0 bridgehead atoms. The minimum absolute atomic E-state index is 0.0337. The Hall–Kier alpha value is -1.51. The molecule has 0 unspecified atom stereocenters. The summed E-state index contributed by atoms with van der Waals surface area (Å²) in [6, 6.07) is 3.83. The van der Waals surface area contributed by atoms with Gasteiger partial charge in [0.1, 0.15) is 5.75 Å². The summed E-state index contributed by atoms with van der Waals surface area (Å²) in [5.74, 6) is 0.853. The second-order valence-corrected chi connectivity index (χ2v) is 3.54. The van der Waals surface area contributed by atoms with Gasteiger partial charge in [0.15, 0.2) is 0 Å². The maximum Gasteiger partial charge on any atom is 0.224 e. The van der Waals surface area contributed by atoms with Crippen LogP contribution in [0.15, 0.2) is 12.1 Å². The van der Waals surface area contributed by atoms with Crippen molar-refractivity contribution in [2.75, 3.05) is 12.4 Å². The Morgan fingerprint density at radius 3 is 2.06 bits per heavy atom. The summed E-state index contributed by atoms with van der Waals surface area (Å²) < 4.78 is 5.15. The molecule has 3 heteroatoms. The molecule has 1 rings (SSSR count). The predicted octanol–water partition coefficient (Wildman–Crippen LogP) is 3.69. The van der Waals surface area contributed by atoms with Crippen molar-refractivity contribution in [3.05, 3.63) is 23.3 Å². The molecule has 0 fully saturated rings. The Labute approximate surface area is 104 Å². The van der Waals surface area contributed by atoms with Crippen LogP contribution < -0.4 is 10.1 Å². The van der Waals surface area contributed by atoms with E-state index in [2.05, 4.69) is 5.32 Å². The normalized spacial score (nSPS) is 9.06. The van der Waals surface area contributed by atoms with Gasteiger partial charge in [0.25, 0.3) is 0 Å². The Balaban J connectivity index is 0.00000121. The van der Waals surface area contributed by atoms with Crippen LogP contribution in [-0.2, 0) is 4.79 Å². The third-order valence-electron chi connectivity index (χ3n) is 2.33. The lowest BCUT2D eigenvalue weighted by molar-refractivity contribution is -0.115. The minimum atomic E-state index is 0.0337. The summed E-state index contributed by atoms with van der Waals surface area (Å²) in [4.78, 5) is 11.3. The molecule has 0 aliphatic heterocycles. The first-order valence-corrected chi connectivity index (χ1v) is 6.03. The Morgan fingerprint density at radius 2 is 1.71 bits per heavy atom. The predicted molar refractivity (Wildman–Crippen MR) is 72.7 cm³/mol. The molecule has 3 nitrogen and oxygen atoms in total. The van der Waals surface area contributed by atoms with Gasteiger partial charge >= 0.3 is 0 Å². The van der Waals surface area contributed by atoms with Crippen molar-refractivity contribution in [3.63, 3.8) is 0 Å². The van der Waals surface area contributed by atoms with Gasteiger partial charge in [-0.2, -0.15) is 0 Å². The maximum absolute atomic E-state index is 11.3. The van der Waals surface area contributed by atoms with Gasteiger partial charge in [0, 0.05) is 12.1 Å². The van der Waals surface area contributed by atoms with Gasteiger partial charge in [-0.05, 0) is 37.1 Å². The highest BCUT2D eigenvalue weighted by Crippen LogP contribution is 2.26. The van der Waals surface area contributed by atoms with Gasteiger partial charge in [0.2, 0.25) is 5.91 Å². The summed E-state index contributed by atoms with van der Waals surface area (Å²) >= 11 is 0. The molecule has 96 valence electrons. The molecular formula is C14H23NO2. The number of aryl methyl sites for hydroxylation is 2. The minimum Gasteiger partial charge on any atom is -0.497 e. The van der Waals surface area contributed by atoms with E-state index in [0.29, 0.717) is 6.42 Å². The molecule has 0 saturated heterocycles. The highest BCUT2D eigenvalue weighted by molar-refractivity contribution is 5.92. The van der Waals surface area contributed by atoms with E-state index in [4.69, 9.17) is 4.74 Å². The van der Waals surface area contributed by atoms with E-state index in [1.807, 2.05) is 46.8 Å². The number of amides is 1. The van der Waals surface area contributed by atoms with E-state index >= 15 is 0 Å². The van der Waals surface area contributed by atoms with Crippen LogP contribution in [0.2, 0.25) is 0 Å². The first-order valence-electron chi connectivity index (χ1n) is 6.03. The number of nitrogens with one attached hydrogen (secondary N) is 1. The van der Waals surface area contributed by atoms with Crippen LogP contribution in [-0.4, -0.2) is 13.0 Å². The smallest absolute Gasteiger partial charge is 0.224 e. The molecule has 0 heterocycles. The zero-order valence-electron chi connectivity index (χ0n) is 11.7. The van der Waals surface area contributed by atoms with Gasteiger partial charge in [-0.3, -0.25) is 4.79 Å². The van der Waals surface area contributed by atoms with E-state index in [-0.39, 0.29) is 5.91 Å². The monoisotopic (exact) mass is 237 g/mol. The highest BCUT2D eigenvalue weighted by Gasteiger charge is 2.07. The van der Waals surface area contributed by atoms with Gasteiger partial charge < -0.3 is 10.1 Å². The average molecular weight is 237 g/mol. The molecule has 0 aliphatic rings. The van der Waals surface area contributed by atoms with Crippen molar-refractivity contribution in [1.29, 1.82) is 0 Å². The van der Waals surface area contributed by atoms with E-state index in [1.165, 1.54) is 0 Å². The van der Waals surface area contributed by atoms with Crippen molar-refractivity contribution in [3.8, 4) is 5.75 Å². The molecule has 0 aromatic heterocycles. The SMILES string of the molecule is CC.CCC(=O)Nc1c(C)cc(OC)cc1C. The van der Waals surface area contributed by atoms with Crippen molar-refractivity contribution in [2.24, 2.45) is 0 Å². The lowest BCUT2D eigenvalue weighted by Crippen LogP contribution is -2.11. The summed E-state index contributed by atoms with van der Waals surface area (Å²) in [6.45, 7) is 9.76. The van der Waals surface area contributed by atoms with Crippen molar-refractivity contribution >= 4 is 11.6 Å². The van der Waals surface area contributed by atoms with Crippen LogP contribution in [0.5, 0.6) is 5.75 Å². The standard InChI is InChI=1S/C12H17NO2.C2H6/c1-5-11(14)13-12-8(2)6-10(15-4)7-9(12)3;1-2/h6-7H,5H2,1-4H3,(H,13,14);1-2H3. The first-order chi connectivity index (χ1) is 8.08. The molecule has 0 saturated carbocycles. The Kier molecular flexibility index (Phi) is 7.03. The van der Waals surface area contributed by atoms with Gasteiger partial charge in [-0.1, -0.05) is 20.8 Å². The fourth-order valence-corrected chi connectivity index (χ4v) is 1.47.